The Morgan fingerprint density at radius 2 is 2.00 bits per heavy atom. The van der Waals surface area contributed by atoms with E-state index in [0.717, 1.165) is 27.9 Å². The lowest BCUT2D eigenvalue weighted by molar-refractivity contribution is -0.113. The van der Waals surface area contributed by atoms with Crippen molar-refractivity contribution >= 4 is 23.4 Å². The zero-order chi connectivity index (χ0) is 18.8. The van der Waals surface area contributed by atoms with Gasteiger partial charge in [-0.1, -0.05) is 23.9 Å². The van der Waals surface area contributed by atoms with E-state index in [9.17, 15) is 4.79 Å². The summed E-state index contributed by atoms with van der Waals surface area (Å²) in [5.41, 5.74) is 6.07. The second kappa shape index (κ2) is 7.37. The average molecular weight is 369 g/mol. The number of hydrogen-bond donors (Lipinski definition) is 1. The topological polar surface area (TPSA) is 64.7 Å². The Labute approximate surface area is 157 Å². The number of rotatable bonds is 5. The van der Waals surface area contributed by atoms with Crippen molar-refractivity contribution in [3.05, 3.63) is 53.1 Å². The summed E-state index contributed by atoms with van der Waals surface area (Å²) in [7, 11) is 1.87. The molecule has 0 spiro atoms. The summed E-state index contributed by atoms with van der Waals surface area (Å²) in [5.74, 6) is 0.222. The zero-order valence-electron chi connectivity index (χ0n) is 15.7. The molecule has 2 aromatic heterocycles. The van der Waals surface area contributed by atoms with Gasteiger partial charge in [-0.3, -0.25) is 14.0 Å². The highest BCUT2D eigenvalue weighted by atomic mass is 32.2. The number of nitrogens with zero attached hydrogens (tertiary/aromatic N) is 4. The van der Waals surface area contributed by atoms with E-state index in [1.165, 1.54) is 22.9 Å². The third kappa shape index (κ3) is 3.53. The van der Waals surface area contributed by atoms with E-state index >= 15 is 0 Å². The second-order valence-electron chi connectivity index (χ2n) is 6.31. The van der Waals surface area contributed by atoms with Gasteiger partial charge in [0.2, 0.25) is 5.91 Å². The Balaban J connectivity index is 1.72. The number of anilines is 1. The number of amides is 1. The van der Waals surface area contributed by atoms with Crippen molar-refractivity contribution in [3.63, 3.8) is 0 Å². The fourth-order valence-electron chi connectivity index (χ4n) is 2.84. The number of nitrogens with one attached hydrogen (secondary N) is 1. The zero-order valence-corrected chi connectivity index (χ0v) is 16.5. The van der Waals surface area contributed by atoms with Gasteiger partial charge in [0.25, 0.3) is 0 Å². The average Bonchev–Trinajstić information content (AvgIpc) is 3.16. The van der Waals surface area contributed by atoms with Crippen molar-refractivity contribution in [1.29, 1.82) is 0 Å². The van der Waals surface area contributed by atoms with Gasteiger partial charge in [0, 0.05) is 19.4 Å². The Hall–Kier alpha value is -2.54. The van der Waals surface area contributed by atoms with Crippen LogP contribution in [0.1, 0.15) is 22.5 Å². The Bertz CT molecular complexity index is 957. The SMILES string of the molecule is Cc1cccc(-n2ccnc2SCC(=O)Nc2c(C)nn(C)c2C)c1C. The first-order valence-electron chi connectivity index (χ1n) is 8.41. The molecule has 0 saturated heterocycles. The lowest BCUT2D eigenvalue weighted by Gasteiger charge is -2.12. The lowest BCUT2D eigenvalue weighted by Crippen LogP contribution is -2.15. The maximum atomic E-state index is 12.4. The summed E-state index contributed by atoms with van der Waals surface area (Å²) >= 11 is 1.42. The second-order valence-corrected chi connectivity index (χ2v) is 7.25. The first kappa shape index (κ1) is 18.3. The minimum atomic E-state index is -0.0651. The number of aryl methyl sites for hydroxylation is 3. The van der Waals surface area contributed by atoms with Gasteiger partial charge in [-0.2, -0.15) is 5.10 Å². The first-order chi connectivity index (χ1) is 12.4. The van der Waals surface area contributed by atoms with Crippen LogP contribution in [0.15, 0.2) is 35.7 Å². The fourth-order valence-corrected chi connectivity index (χ4v) is 3.60. The lowest BCUT2D eigenvalue weighted by atomic mass is 10.1. The summed E-state index contributed by atoms with van der Waals surface area (Å²) in [6, 6.07) is 6.19. The minimum Gasteiger partial charge on any atom is -0.322 e. The number of hydrogen-bond acceptors (Lipinski definition) is 4. The van der Waals surface area contributed by atoms with Crippen LogP contribution in [0.25, 0.3) is 5.69 Å². The van der Waals surface area contributed by atoms with Gasteiger partial charge in [-0.05, 0) is 44.9 Å². The molecule has 26 heavy (non-hydrogen) atoms. The van der Waals surface area contributed by atoms with Gasteiger partial charge in [0.1, 0.15) is 0 Å². The normalized spacial score (nSPS) is 11.0. The van der Waals surface area contributed by atoms with E-state index in [1.807, 2.05) is 37.7 Å². The van der Waals surface area contributed by atoms with Gasteiger partial charge in [0.15, 0.2) is 5.16 Å². The number of imidazole rings is 1. The molecule has 0 aliphatic rings. The smallest absolute Gasteiger partial charge is 0.234 e. The summed E-state index contributed by atoms with van der Waals surface area (Å²) < 4.78 is 3.80. The maximum absolute atomic E-state index is 12.4. The molecule has 0 aliphatic heterocycles. The molecular formula is C19H23N5OS. The van der Waals surface area contributed by atoms with E-state index in [1.54, 1.807) is 10.9 Å². The molecule has 7 heteroatoms. The first-order valence-corrected chi connectivity index (χ1v) is 9.40. The summed E-state index contributed by atoms with van der Waals surface area (Å²) in [4.78, 5) is 16.8. The molecule has 136 valence electrons. The molecule has 0 saturated carbocycles. The van der Waals surface area contributed by atoms with Crippen LogP contribution >= 0.6 is 11.8 Å². The van der Waals surface area contributed by atoms with Gasteiger partial charge >= 0.3 is 0 Å². The predicted octanol–water partition coefficient (Wildman–Crippen LogP) is 3.57. The van der Waals surface area contributed by atoms with E-state index in [2.05, 4.69) is 41.4 Å². The Kier molecular flexibility index (Phi) is 5.18. The van der Waals surface area contributed by atoms with Gasteiger partial charge < -0.3 is 5.32 Å². The van der Waals surface area contributed by atoms with Crippen LogP contribution in [-0.2, 0) is 11.8 Å². The molecule has 0 fully saturated rings. The number of carbonyl (C=O) groups is 1. The van der Waals surface area contributed by atoms with Crippen LogP contribution in [0.3, 0.4) is 0 Å². The van der Waals surface area contributed by atoms with E-state index in [0.29, 0.717) is 0 Å². The van der Waals surface area contributed by atoms with E-state index < -0.39 is 0 Å². The van der Waals surface area contributed by atoms with E-state index in [4.69, 9.17) is 0 Å². The number of thioether (sulfide) groups is 1. The number of aromatic nitrogens is 4. The van der Waals surface area contributed by atoms with Crippen molar-refractivity contribution in [2.45, 2.75) is 32.9 Å². The van der Waals surface area contributed by atoms with Crippen molar-refractivity contribution in [2.75, 3.05) is 11.1 Å². The molecule has 3 rings (SSSR count). The highest BCUT2D eigenvalue weighted by Gasteiger charge is 2.15. The van der Waals surface area contributed by atoms with Gasteiger partial charge in [-0.15, -0.1) is 0 Å². The third-order valence-corrected chi connectivity index (χ3v) is 5.51. The molecule has 2 heterocycles. The quantitative estimate of drug-likeness (QED) is 0.698. The molecular weight excluding hydrogens is 346 g/mol. The van der Waals surface area contributed by atoms with Crippen molar-refractivity contribution in [1.82, 2.24) is 19.3 Å². The fraction of sp³-hybridized carbons (Fsp3) is 0.316. The summed E-state index contributed by atoms with van der Waals surface area (Å²) in [5, 5.41) is 8.08. The maximum Gasteiger partial charge on any atom is 0.234 e. The van der Waals surface area contributed by atoms with Gasteiger partial charge in [-0.25, -0.2) is 4.98 Å². The molecule has 0 atom stereocenters. The van der Waals surface area contributed by atoms with Crippen LogP contribution in [0, 0.1) is 27.7 Å². The Morgan fingerprint density at radius 1 is 1.23 bits per heavy atom. The summed E-state index contributed by atoms with van der Waals surface area (Å²) in [6.45, 7) is 8.02. The van der Waals surface area contributed by atoms with Crippen LogP contribution in [0.2, 0.25) is 0 Å². The number of benzene rings is 1. The van der Waals surface area contributed by atoms with Crippen LogP contribution in [-0.4, -0.2) is 31.0 Å². The van der Waals surface area contributed by atoms with Crippen LogP contribution in [0.5, 0.6) is 0 Å². The molecule has 0 bridgehead atoms. The molecule has 1 N–H and O–H groups in total. The molecule has 0 aliphatic carbocycles. The highest BCUT2D eigenvalue weighted by molar-refractivity contribution is 7.99. The van der Waals surface area contributed by atoms with Crippen molar-refractivity contribution in [2.24, 2.45) is 7.05 Å². The van der Waals surface area contributed by atoms with Crippen LogP contribution in [0.4, 0.5) is 5.69 Å². The Morgan fingerprint density at radius 3 is 2.69 bits per heavy atom. The van der Waals surface area contributed by atoms with Gasteiger partial charge in [0.05, 0.1) is 28.5 Å². The molecule has 3 aromatic rings. The predicted molar refractivity (Wildman–Crippen MR) is 105 cm³/mol. The minimum absolute atomic E-state index is 0.0651. The molecule has 0 radical (unpaired) electrons. The third-order valence-electron chi connectivity index (χ3n) is 4.55. The van der Waals surface area contributed by atoms with E-state index in [-0.39, 0.29) is 11.7 Å². The monoisotopic (exact) mass is 369 g/mol. The van der Waals surface area contributed by atoms with Crippen LogP contribution < -0.4 is 5.32 Å². The van der Waals surface area contributed by atoms with Crippen molar-refractivity contribution < 1.29 is 4.79 Å². The standard InChI is InChI=1S/C19H23N5OS/c1-12-7-6-8-16(13(12)2)24-10-9-20-19(24)26-11-17(25)21-18-14(3)22-23(5)15(18)4/h6-10H,11H2,1-5H3,(H,21,25). The summed E-state index contributed by atoms with van der Waals surface area (Å²) in [6.07, 6.45) is 3.69. The molecule has 6 nitrogen and oxygen atoms in total. The van der Waals surface area contributed by atoms with Crippen molar-refractivity contribution in [3.8, 4) is 5.69 Å². The highest BCUT2D eigenvalue weighted by Crippen LogP contribution is 2.25. The molecule has 1 amide bonds. The molecule has 0 unspecified atom stereocenters. The largest absolute Gasteiger partial charge is 0.322 e. The molecule has 1 aromatic carbocycles. The number of carbonyl (C=O) groups excluding carboxylic acids is 1.